The number of H-pyrrole nitrogens is 1. The molecule has 0 radical (unpaired) electrons. The third kappa shape index (κ3) is 2.35. The van der Waals surface area contributed by atoms with Crippen molar-refractivity contribution in [3.63, 3.8) is 0 Å². The molecule has 0 aliphatic heterocycles. The summed E-state index contributed by atoms with van der Waals surface area (Å²) in [6, 6.07) is 2.58. The fourth-order valence-corrected chi connectivity index (χ4v) is 0.995. The van der Waals surface area contributed by atoms with Crippen molar-refractivity contribution < 1.29 is 0 Å². The van der Waals surface area contributed by atoms with E-state index in [0.29, 0.717) is 6.04 Å². The first kappa shape index (κ1) is 8.27. The fraction of sp³-hybridized carbons (Fsp3) is 0.625. The molecular formula is C8H15N3. The van der Waals surface area contributed by atoms with E-state index in [-0.39, 0.29) is 0 Å². The average molecular weight is 153 g/mol. The third-order valence-corrected chi connectivity index (χ3v) is 1.77. The maximum atomic E-state index is 4.14. The summed E-state index contributed by atoms with van der Waals surface area (Å²) >= 11 is 0. The van der Waals surface area contributed by atoms with Crippen molar-refractivity contribution in [2.75, 3.05) is 7.05 Å². The van der Waals surface area contributed by atoms with Gasteiger partial charge in [0, 0.05) is 18.2 Å². The van der Waals surface area contributed by atoms with Crippen molar-refractivity contribution in [2.24, 2.45) is 0 Å². The number of aryl methyl sites for hydroxylation is 1. The Morgan fingerprint density at radius 3 is 2.91 bits per heavy atom. The van der Waals surface area contributed by atoms with Gasteiger partial charge in [-0.2, -0.15) is 5.10 Å². The normalized spacial score (nSPS) is 13.4. The maximum absolute atomic E-state index is 4.14. The van der Waals surface area contributed by atoms with Gasteiger partial charge >= 0.3 is 0 Å². The minimum Gasteiger partial charge on any atom is -0.317 e. The van der Waals surface area contributed by atoms with Crippen LogP contribution >= 0.6 is 0 Å². The SMILES string of the molecule is CNC(C)Cc1cc(C)[nH]n1. The van der Waals surface area contributed by atoms with E-state index < -0.39 is 0 Å². The van der Waals surface area contributed by atoms with Gasteiger partial charge in [-0.25, -0.2) is 0 Å². The Kier molecular flexibility index (Phi) is 2.65. The standard InChI is InChI=1S/C8H15N3/c1-6(9-3)4-8-5-7(2)10-11-8/h5-6,9H,4H2,1-3H3,(H,10,11). The van der Waals surface area contributed by atoms with Crippen LogP contribution in [0.1, 0.15) is 18.3 Å². The third-order valence-electron chi connectivity index (χ3n) is 1.77. The number of hydrogen-bond donors (Lipinski definition) is 2. The Bertz CT molecular complexity index is 217. The minimum absolute atomic E-state index is 0.498. The average Bonchev–Trinajstić information content (AvgIpc) is 2.35. The Morgan fingerprint density at radius 1 is 1.73 bits per heavy atom. The van der Waals surface area contributed by atoms with Gasteiger partial charge in [-0.15, -0.1) is 0 Å². The van der Waals surface area contributed by atoms with E-state index in [0.717, 1.165) is 17.8 Å². The van der Waals surface area contributed by atoms with Gasteiger partial charge < -0.3 is 5.32 Å². The van der Waals surface area contributed by atoms with Crippen LogP contribution in [0.4, 0.5) is 0 Å². The molecule has 0 fully saturated rings. The van der Waals surface area contributed by atoms with Crippen LogP contribution in [-0.2, 0) is 6.42 Å². The molecule has 1 atom stereocenters. The number of rotatable bonds is 3. The van der Waals surface area contributed by atoms with E-state index in [4.69, 9.17) is 0 Å². The molecular weight excluding hydrogens is 138 g/mol. The molecule has 0 spiro atoms. The van der Waals surface area contributed by atoms with E-state index in [1.807, 2.05) is 14.0 Å². The van der Waals surface area contributed by atoms with Crippen LogP contribution in [0, 0.1) is 6.92 Å². The predicted octanol–water partition coefficient (Wildman–Crippen LogP) is 0.869. The van der Waals surface area contributed by atoms with E-state index in [9.17, 15) is 0 Å². The Hall–Kier alpha value is -0.830. The molecule has 3 nitrogen and oxygen atoms in total. The molecule has 0 amide bonds. The molecule has 0 saturated heterocycles. The minimum atomic E-state index is 0.498. The summed E-state index contributed by atoms with van der Waals surface area (Å²) in [5.74, 6) is 0. The lowest BCUT2D eigenvalue weighted by Gasteiger charge is -2.05. The van der Waals surface area contributed by atoms with E-state index >= 15 is 0 Å². The van der Waals surface area contributed by atoms with Gasteiger partial charge in [0.15, 0.2) is 0 Å². The summed E-state index contributed by atoms with van der Waals surface area (Å²) in [5.41, 5.74) is 2.26. The van der Waals surface area contributed by atoms with Crippen LogP contribution in [-0.4, -0.2) is 23.3 Å². The van der Waals surface area contributed by atoms with Crippen molar-refractivity contribution in [3.8, 4) is 0 Å². The van der Waals surface area contributed by atoms with Gasteiger partial charge in [0.25, 0.3) is 0 Å². The zero-order valence-corrected chi connectivity index (χ0v) is 7.31. The topological polar surface area (TPSA) is 40.7 Å². The van der Waals surface area contributed by atoms with E-state index in [2.05, 4.69) is 28.5 Å². The number of hydrogen-bond acceptors (Lipinski definition) is 2. The van der Waals surface area contributed by atoms with Crippen LogP contribution in [0.2, 0.25) is 0 Å². The number of nitrogens with zero attached hydrogens (tertiary/aromatic N) is 1. The van der Waals surface area contributed by atoms with Crippen molar-refractivity contribution >= 4 is 0 Å². The number of aromatic amines is 1. The first-order chi connectivity index (χ1) is 5.22. The maximum Gasteiger partial charge on any atom is 0.0640 e. The fourth-order valence-electron chi connectivity index (χ4n) is 0.995. The predicted molar refractivity (Wildman–Crippen MR) is 45.6 cm³/mol. The molecule has 1 unspecified atom stereocenters. The molecule has 0 bridgehead atoms. The first-order valence-corrected chi connectivity index (χ1v) is 3.90. The van der Waals surface area contributed by atoms with Gasteiger partial charge in [-0.3, -0.25) is 5.10 Å². The number of aromatic nitrogens is 2. The monoisotopic (exact) mass is 153 g/mol. The van der Waals surface area contributed by atoms with Crippen molar-refractivity contribution in [1.82, 2.24) is 15.5 Å². The van der Waals surface area contributed by atoms with E-state index in [1.165, 1.54) is 0 Å². The molecule has 3 heteroatoms. The summed E-state index contributed by atoms with van der Waals surface area (Å²) in [5, 5.41) is 10.2. The van der Waals surface area contributed by atoms with Gasteiger partial charge in [0.2, 0.25) is 0 Å². The summed E-state index contributed by atoms with van der Waals surface area (Å²) in [7, 11) is 1.96. The highest BCUT2D eigenvalue weighted by Gasteiger charge is 2.02. The molecule has 0 saturated carbocycles. The van der Waals surface area contributed by atoms with Crippen LogP contribution < -0.4 is 5.32 Å². The molecule has 1 rings (SSSR count). The molecule has 1 aromatic rings. The smallest absolute Gasteiger partial charge is 0.0640 e. The van der Waals surface area contributed by atoms with Gasteiger partial charge in [0.1, 0.15) is 0 Å². The molecule has 2 N–H and O–H groups in total. The summed E-state index contributed by atoms with van der Waals surface area (Å²) in [4.78, 5) is 0. The Morgan fingerprint density at radius 2 is 2.45 bits per heavy atom. The van der Waals surface area contributed by atoms with Gasteiger partial charge in [-0.1, -0.05) is 0 Å². The largest absolute Gasteiger partial charge is 0.317 e. The highest BCUT2D eigenvalue weighted by molar-refractivity contribution is 5.07. The van der Waals surface area contributed by atoms with Gasteiger partial charge in [-0.05, 0) is 27.0 Å². The number of likely N-dealkylation sites (N-methyl/N-ethyl adjacent to an activating group) is 1. The summed E-state index contributed by atoms with van der Waals surface area (Å²) < 4.78 is 0. The lowest BCUT2D eigenvalue weighted by atomic mass is 10.2. The van der Waals surface area contributed by atoms with Crippen LogP contribution in [0.25, 0.3) is 0 Å². The van der Waals surface area contributed by atoms with Crippen molar-refractivity contribution in [1.29, 1.82) is 0 Å². The highest BCUT2D eigenvalue weighted by Crippen LogP contribution is 2.00. The molecule has 0 aromatic carbocycles. The first-order valence-electron chi connectivity index (χ1n) is 3.90. The van der Waals surface area contributed by atoms with E-state index in [1.54, 1.807) is 0 Å². The molecule has 0 aliphatic rings. The molecule has 11 heavy (non-hydrogen) atoms. The lowest BCUT2D eigenvalue weighted by Crippen LogP contribution is -2.23. The Balaban J connectivity index is 2.50. The van der Waals surface area contributed by atoms with Crippen molar-refractivity contribution in [3.05, 3.63) is 17.5 Å². The zero-order valence-electron chi connectivity index (χ0n) is 7.31. The van der Waals surface area contributed by atoms with Gasteiger partial charge in [0.05, 0.1) is 5.69 Å². The lowest BCUT2D eigenvalue weighted by molar-refractivity contribution is 0.600. The quantitative estimate of drug-likeness (QED) is 0.676. The molecule has 1 aromatic heterocycles. The summed E-state index contributed by atoms with van der Waals surface area (Å²) in [6.07, 6.45) is 0.987. The molecule has 1 heterocycles. The molecule has 0 aliphatic carbocycles. The Labute approximate surface area is 67.2 Å². The second-order valence-electron chi connectivity index (χ2n) is 2.94. The second-order valence-corrected chi connectivity index (χ2v) is 2.94. The van der Waals surface area contributed by atoms with Crippen LogP contribution in [0.15, 0.2) is 6.07 Å². The van der Waals surface area contributed by atoms with Crippen LogP contribution in [0.5, 0.6) is 0 Å². The van der Waals surface area contributed by atoms with Crippen LogP contribution in [0.3, 0.4) is 0 Å². The summed E-state index contributed by atoms with van der Waals surface area (Å²) in [6.45, 7) is 4.16. The molecule has 62 valence electrons. The zero-order chi connectivity index (χ0) is 8.27. The second kappa shape index (κ2) is 3.53. The highest BCUT2D eigenvalue weighted by atomic mass is 15.1. The number of nitrogens with one attached hydrogen (secondary N) is 2. The van der Waals surface area contributed by atoms with Crippen molar-refractivity contribution in [2.45, 2.75) is 26.3 Å².